The highest BCUT2D eigenvalue weighted by molar-refractivity contribution is 6.30. The van der Waals surface area contributed by atoms with Gasteiger partial charge in [0.05, 0.1) is 5.69 Å². The van der Waals surface area contributed by atoms with Gasteiger partial charge < -0.3 is 9.88 Å². The van der Waals surface area contributed by atoms with Crippen LogP contribution >= 0.6 is 11.6 Å². The molecule has 0 unspecified atom stereocenters. The smallest absolute Gasteiger partial charge is 0.137 e. The van der Waals surface area contributed by atoms with Gasteiger partial charge in [-0.2, -0.15) is 0 Å². The van der Waals surface area contributed by atoms with E-state index in [2.05, 4.69) is 65.0 Å². The second-order valence-corrected chi connectivity index (χ2v) is 7.70. The van der Waals surface area contributed by atoms with Gasteiger partial charge in [-0.1, -0.05) is 41.4 Å². The Kier molecular flexibility index (Phi) is 5.19. The molecule has 4 rings (SSSR count). The third-order valence-electron chi connectivity index (χ3n) is 5.25. The molecule has 0 aliphatic carbocycles. The molecule has 5 heteroatoms. The molecule has 140 valence electrons. The van der Waals surface area contributed by atoms with Crippen LogP contribution in [0.15, 0.2) is 48.5 Å². The molecule has 1 aliphatic heterocycles. The number of benzene rings is 2. The molecule has 2 heterocycles. The lowest BCUT2D eigenvalue weighted by atomic mass is 10.1. The van der Waals surface area contributed by atoms with Crippen molar-refractivity contribution in [3.05, 3.63) is 70.5 Å². The fraction of sp³-hybridized carbons (Fsp3) is 0.318. The van der Waals surface area contributed by atoms with E-state index in [1.54, 1.807) is 0 Å². The summed E-state index contributed by atoms with van der Waals surface area (Å²) >= 11 is 6.00. The van der Waals surface area contributed by atoms with Gasteiger partial charge in [-0.15, -0.1) is 0 Å². The molecule has 4 nitrogen and oxygen atoms in total. The molecule has 0 amide bonds. The van der Waals surface area contributed by atoms with Crippen LogP contribution in [0.4, 0.5) is 5.69 Å². The van der Waals surface area contributed by atoms with Gasteiger partial charge in [0.15, 0.2) is 0 Å². The van der Waals surface area contributed by atoms with Gasteiger partial charge >= 0.3 is 0 Å². The molecule has 0 atom stereocenters. The molecule has 0 bridgehead atoms. The summed E-state index contributed by atoms with van der Waals surface area (Å²) in [5, 5.41) is 0.788. The van der Waals surface area contributed by atoms with E-state index >= 15 is 0 Å². The molecule has 1 saturated heterocycles. The summed E-state index contributed by atoms with van der Waals surface area (Å²) in [6.07, 6.45) is 0. The second kappa shape index (κ2) is 7.75. The quantitative estimate of drug-likeness (QED) is 0.714. The minimum atomic E-state index is 0.788. The summed E-state index contributed by atoms with van der Waals surface area (Å²) in [6.45, 7) is 9.23. The molecular weight excluding hydrogens is 356 g/mol. The van der Waals surface area contributed by atoms with Crippen LogP contribution in [0.5, 0.6) is 0 Å². The number of aromatic amines is 1. The predicted octanol–water partition coefficient (Wildman–Crippen LogP) is 4.67. The van der Waals surface area contributed by atoms with Crippen molar-refractivity contribution in [3.63, 3.8) is 0 Å². The maximum Gasteiger partial charge on any atom is 0.137 e. The monoisotopic (exact) mass is 380 g/mol. The largest absolute Gasteiger partial charge is 0.369 e. The zero-order chi connectivity index (χ0) is 18.8. The zero-order valence-electron chi connectivity index (χ0n) is 15.9. The van der Waals surface area contributed by atoms with Gasteiger partial charge in [0.25, 0.3) is 0 Å². The Morgan fingerprint density at radius 2 is 1.59 bits per heavy atom. The third-order valence-corrected chi connectivity index (χ3v) is 5.50. The van der Waals surface area contributed by atoms with Crippen LogP contribution in [0.2, 0.25) is 5.02 Å². The molecule has 27 heavy (non-hydrogen) atoms. The molecule has 1 aliphatic rings. The van der Waals surface area contributed by atoms with Gasteiger partial charge in [-0.25, -0.2) is 4.98 Å². The van der Waals surface area contributed by atoms with Crippen LogP contribution in [0.3, 0.4) is 0 Å². The Hall–Kier alpha value is -2.30. The summed E-state index contributed by atoms with van der Waals surface area (Å²) in [6, 6.07) is 16.6. The molecule has 0 radical (unpaired) electrons. The van der Waals surface area contributed by atoms with E-state index in [1.807, 2.05) is 12.1 Å². The van der Waals surface area contributed by atoms with E-state index in [4.69, 9.17) is 16.6 Å². The normalized spacial score (nSPS) is 15.3. The van der Waals surface area contributed by atoms with E-state index < -0.39 is 0 Å². The summed E-state index contributed by atoms with van der Waals surface area (Å²) in [5.74, 6) is 0.960. The van der Waals surface area contributed by atoms with Gasteiger partial charge in [0.1, 0.15) is 5.82 Å². The summed E-state index contributed by atoms with van der Waals surface area (Å²) < 4.78 is 0. The van der Waals surface area contributed by atoms with Crippen molar-refractivity contribution in [2.24, 2.45) is 0 Å². The summed E-state index contributed by atoms with van der Waals surface area (Å²) in [4.78, 5) is 13.2. The molecule has 1 N–H and O–H groups in total. The Morgan fingerprint density at radius 1 is 0.926 bits per heavy atom. The van der Waals surface area contributed by atoms with Crippen molar-refractivity contribution < 1.29 is 0 Å². The Bertz CT molecular complexity index is 891. The first kappa shape index (κ1) is 18.1. The van der Waals surface area contributed by atoms with Gasteiger partial charge in [-0.05, 0) is 38.1 Å². The van der Waals surface area contributed by atoms with Crippen molar-refractivity contribution in [3.8, 4) is 11.4 Å². The van der Waals surface area contributed by atoms with E-state index in [-0.39, 0.29) is 0 Å². The highest BCUT2D eigenvalue weighted by Crippen LogP contribution is 2.22. The average Bonchev–Trinajstić information content (AvgIpc) is 3.04. The Labute approximate surface area is 165 Å². The number of nitrogens with one attached hydrogen (secondary N) is 1. The topological polar surface area (TPSA) is 35.2 Å². The van der Waals surface area contributed by atoms with Gasteiger partial charge in [0.2, 0.25) is 0 Å². The van der Waals surface area contributed by atoms with Crippen molar-refractivity contribution in [1.82, 2.24) is 14.9 Å². The van der Waals surface area contributed by atoms with Gasteiger partial charge in [0, 0.05) is 54.7 Å². The molecule has 1 fully saturated rings. The number of H-pyrrole nitrogens is 1. The van der Waals surface area contributed by atoms with Crippen molar-refractivity contribution >= 4 is 17.3 Å². The minimum Gasteiger partial charge on any atom is -0.369 e. The highest BCUT2D eigenvalue weighted by Gasteiger charge is 2.19. The van der Waals surface area contributed by atoms with Crippen molar-refractivity contribution in [2.75, 3.05) is 31.1 Å². The highest BCUT2D eigenvalue weighted by atomic mass is 35.5. The van der Waals surface area contributed by atoms with Crippen LogP contribution in [0.25, 0.3) is 11.4 Å². The van der Waals surface area contributed by atoms with Crippen LogP contribution in [-0.4, -0.2) is 41.0 Å². The molecule has 0 saturated carbocycles. The van der Waals surface area contributed by atoms with Crippen molar-refractivity contribution in [1.29, 1.82) is 0 Å². The first-order valence-corrected chi connectivity index (χ1v) is 9.82. The number of nitrogens with zero attached hydrogens (tertiary/aromatic N) is 3. The maximum absolute atomic E-state index is 6.00. The number of hydrogen-bond acceptors (Lipinski definition) is 3. The lowest BCUT2D eigenvalue weighted by Crippen LogP contribution is -2.46. The molecular formula is C22H25ClN4. The predicted molar refractivity (Wildman–Crippen MR) is 112 cm³/mol. The van der Waals surface area contributed by atoms with E-state index in [9.17, 15) is 0 Å². The first-order chi connectivity index (χ1) is 13.1. The number of aryl methyl sites for hydroxylation is 2. The lowest BCUT2D eigenvalue weighted by Gasteiger charge is -2.35. The molecule has 1 aromatic heterocycles. The average molecular weight is 381 g/mol. The van der Waals surface area contributed by atoms with Crippen LogP contribution in [0.1, 0.15) is 17.0 Å². The molecule has 0 spiro atoms. The van der Waals surface area contributed by atoms with Crippen LogP contribution < -0.4 is 4.90 Å². The van der Waals surface area contributed by atoms with Gasteiger partial charge in [-0.3, -0.25) is 4.90 Å². The molecule has 2 aromatic carbocycles. The number of imidazole rings is 1. The van der Waals surface area contributed by atoms with E-state index in [1.165, 1.54) is 11.3 Å². The SMILES string of the molecule is Cc1ccc(-c2nc(CN3CCN(c4ccc(Cl)cc4)CC3)c(C)[nH]2)cc1. The maximum atomic E-state index is 6.00. The first-order valence-electron chi connectivity index (χ1n) is 9.44. The number of halogens is 1. The van der Waals surface area contributed by atoms with E-state index in [0.29, 0.717) is 0 Å². The minimum absolute atomic E-state index is 0.788. The van der Waals surface area contributed by atoms with Crippen molar-refractivity contribution in [2.45, 2.75) is 20.4 Å². The number of hydrogen-bond donors (Lipinski definition) is 1. The number of anilines is 1. The fourth-order valence-electron chi connectivity index (χ4n) is 3.53. The zero-order valence-corrected chi connectivity index (χ0v) is 16.6. The number of piperazine rings is 1. The van der Waals surface area contributed by atoms with E-state index in [0.717, 1.165) is 60.5 Å². The lowest BCUT2D eigenvalue weighted by molar-refractivity contribution is 0.247. The Balaban J connectivity index is 1.39. The third kappa shape index (κ3) is 4.18. The van der Waals surface area contributed by atoms with Crippen LogP contribution in [-0.2, 0) is 6.54 Å². The number of aromatic nitrogens is 2. The second-order valence-electron chi connectivity index (χ2n) is 7.26. The molecule has 3 aromatic rings. The van der Waals surface area contributed by atoms with Crippen LogP contribution in [0, 0.1) is 13.8 Å². The number of rotatable bonds is 4. The summed E-state index contributed by atoms with van der Waals surface area (Å²) in [5.41, 5.74) is 5.95. The standard InChI is InChI=1S/C22H25ClN4/c1-16-3-5-18(6-4-16)22-24-17(2)21(25-22)15-26-11-13-27(14-12-26)20-9-7-19(23)8-10-20/h3-10H,11-15H2,1-2H3,(H,24,25). The fourth-order valence-corrected chi connectivity index (χ4v) is 3.65. The Morgan fingerprint density at radius 3 is 2.26 bits per heavy atom. The summed E-state index contributed by atoms with van der Waals surface area (Å²) in [7, 11) is 0.